The Bertz CT molecular complexity index is 428. The van der Waals surface area contributed by atoms with Gasteiger partial charge < -0.3 is 10.0 Å². The van der Waals surface area contributed by atoms with Crippen LogP contribution in [0.4, 0.5) is 0 Å². The Kier molecular flexibility index (Phi) is 3.36. The lowest BCUT2D eigenvalue weighted by Gasteiger charge is -2.31. The van der Waals surface area contributed by atoms with Crippen molar-refractivity contribution in [1.29, 1.82) is 0 Å². The number of phenols is 1. The van der Waals surface area contributed by atoms with Crippen LogP contribution in [0.15, 0.2) is 18.2 Å². The molecule has 3 nitrogen and oxygen atoms in total. The van der Waals surface area contributed by atoms with Gasteiger partial charge in [-0.25, -0.2) is 0 Å². The fourth-order valence-electron chi connectivity index (χ4n) is 2.37. The summed E-state index contributed by atoms with van der Waals surface area (Å²) in [6.07, 6.45) is 2.24. The number of carbonyl (C=O) groups is 1. The largest absolute Gasteiger partial charge is 0.507 e. The molecule has 2 rings (SSSR count). The Labute approximate surface area is 102 Å². The van der Waals surface area contributed by atoms with E-state index in [1.54, 1.807) is 12.1 Å². The molecule has 1 fully saturated rings. The number of piperidine rings is 1. The van der Waals surface area contributed by atoms with Gasteiger partial charge in [-0.05, 0) is 37.8 Å². The molecule has 1 heterocycles. The molecule has 1 aromatic rings. The van der Waals surface area contributed by atoms with Crippen LogP contribution in [-0.2, 0) is 0 Å². The number of hydrogen-bond acceptors (Lipinski definition) is 2. The predicted octanol–water partition coefficient (Wildman–Crippen LogP) is 2.57. The van der Waals surface area contributed by atoms with Crippen LogP contribution >= 0.6 is 0 Å². The number of likely N-dealkylation sites (tertiary alicyclic amines) is 1. The number of phenolic OH excluding ortho intramolecular Hbond substituents is 1. The van der Waals surface area contributed by atoms with Gasteiger partial charge in [0, 0.05) is 13.1 Å². The summed E-state index contributed by atoms with van der Waals surface area (Å²) in [5.41, 5.74) is 1.43. The molecule has 1 N–H and O–H groups in total. The van der Waals surface area contributed by atoms with Crippen molar-refractivity contribution < 1.29 is 9.90 Å². The van der Waals surface area contributed by atoms with Gasteiger partial charge in [-0.2, -0.15) is 0 Å². The topological polar surface area (TPSA) is 40.5 Å². The average molecular weight is 233 g/mol. The second-order valence-corrected chi connectivity index (χ2v) is 5.02. The van der Waals surface area contributed by atoms with E-state index in [9.17, 15) is 9.90 Å². The average Bonchev–Trinajstić information content (AvgIpc) is 2.31. The molecule has 92 valence electrons. The standard InChI is InChI=1S/C14H19NO2/c1-10-5-6-13(16)12(8-10)14(17)15-7-3-4-11(2)9-15/h5-6,8,11,16H,3-4,7,9H2,1-2H3. The molecular weight excluding hydrogens is 214 g/mol. The zero-order valence-corrected chi connectivity index (χ0v) is 10.4. The lowest BCUT2D eigenvalue weighted by Crippen LogP contribution is -2.39. The Hall–Kier alpha value is -1.51. The highest BCUT2D eigenvalue weighted by molar-refractivity contribution is 5.97. The van der Waals surface area contributed by atoms with Crippen molar-refractivity contribution in [2.24, 2.45) is 5.92 Å². The van der Waals surface area contributed by atoms with E-state index in [-0.39, 0.29) is 11.7 Å². The summed E-state index contributed by atoms with van der Waals surface area (Å²) in [4.78, 5) is 14.1. The minimum absolute atomic E-state index is 0.0437. The van der Waals surface area contributed by atoms with Gasteiger partial charge in [0.1, 0.15) is 5.75 Å². The van der Waals surface area contributed by atoms with Crippen molar-refractivity contribution >= 4 is 5.91 Å². The Morgan fingerprint density at radius 2 is 2.24 bits per heavy atom. The molecule has 1 amide bonds. The number of rotatable bonds is 1. The quantitative estimate of drug-likeness (QED) is 0.810. The number of aryl methyl sites for hydroxylation is 1. The number of carbonyl (C=O) groups excluding carboxylic acids is 1. The predicted molar refractivity (Wildman–Crippen MR) is 67.1 cm³/mol. The van der Waals surface area contributed by atoms with Gasteiger partial charge in [0.2, 0.25) is 0 Å². The van der Waals surface area contributed by atoms with Crippen LogP contribution in [0, 0.1) is 12.8 Å². The molecule has 1 aromatic carbocycles. The zero-order chi connectivity index (χ0) is 12.4. The van der Waals surface area contributed by atoms with E-state index in [1.165, 1.54) is 6.42 Å². The zero-order valence-electron chi connectivity index (χ0n) is 10.4. The summed E-state index contributed by atoms with van der Waals surface area (Å²) in [5, 5.41) is 9.75. The van der Waals surface area contributed by atoms with Gasteiger partial charge >= 0.3 is 0 Å². The van der Waals surface area contributed by atoms with Crippen molar-refractivity contribution in [3.8, 4) is 5.75 Å². The van der Waals surface area contributed by atoms with Gasteiger partial charge in [0.25, 0.3) is 5.91 Å². The van der Waals surface area contributed by atoms with Crippen molar-refractivity contribution in [1.82, 2.24) is 4.90 Å². The number of nitrogens with zero attached hydrogens (tertiary/aromatic N) is 1. The second-order valence-electron chi connectivity index (χ2n) is 5.02. The number of amides is 1. The molecule has 1 unspecified atom stereocenters. The van der Waals surface area contributed by atoms with Crippen molar-refractivity contribution in [2.45, 2.75) is 26.7 Å². The monoisotopic (exact) mass is 233 g/mol. The lowest BCUT2D eigenvalue weighted by atomic mass is 9.99. The Balaban J connectivity index is 2.21. The minimum atomic E-state index is -0.0437. The van der Waals surface area contributed by atoms with E-state index >= 15 is 0 Å². The van der Waals surface area contributed by atoms with Gasteiger partial charge in [-0.3, -0.25) is 4.79 Å². The van der Waals surface area contributed by atoms with Crippen molar-refractivity contribution in [3.63, 3.8) is 0 Å². The molecule has 3 heteroatoms. The first-order valence-electron chi connectivity index (χ1n) is 6.17. The molecule has 0 aliphatic carbocycles. The number of benzene rings is 1. The summed E-state index contributed by atoms with van der Waals surface area (Å²) in [6.45, 7) is 5.69. The molecule has 0 spiro atoms. The third kappa shape index (κ3) is 2.60. The smallest absolute Gasteiger partial charge is 0.257 e. The third-order valence-corrected chi connectivity index (χ3v) is 3.33. The summed E-state index contributed by atoms with van der Waals surface area (Å²) < 4.78 is 0. The Morgan fingerprint density at radius 1 is 1.47 bits per heavy atom. The summed E-state index contributed by atoms with van der Waals surface area (Å²) in [7, 11) is 0. The first-order valence-corrected chi connectivity index (χ1v) is 6.17. The van der Waals surface area contributed by atoms with Gasteiger partial charge in [-0.15, -0.1) is 0 Å². The molecule has 0 bridgehead atoms. The molecule has 1 saturated heterocycles. The van der Waals surface area contributed by atoms with Crippen LogP contribution < -0.4 is 0 Å². The first kappa shape index (κ1) is 12.0. The summed E-state index contributed by atoms with van der Waals surface area (Å²) in [6, 6.07) is 5.16. The maximum absolute atomic E-state index is 12.3. The first-order chi connectivity index (χ1) is 8.08. The van der Waals surface area contributed by atoms with E-state index in [4.69, 9.17) is 0 Å². The van der Waals surface area contributed by atoms with Crippen LogP contribution in [0.25, 0.3) is 0 Å². The third-order valence-electron chi connectivity index (χ3n) is 3.33. The lowest BCUT2D eigenvalue weighted by molar-refractivity contribution is 0.0680. The second kappa shape index (κ2) is 4.78. The normalized spacial score (nSPS) is 20.4. The van der Waals surface area contributed by atoms with Crippen LogP contribution in [-0.4, -0.2) is 29.0 Å². The van der Waals surface area contributed by atoms with Crippen molar-refractivity contribution in [2.75, 3.05) is 13.1 Å². The van der Waals surface area contributed by atoms with Crippen LogP contribution in [0.3, 0.4) is 0 Å². The van der Waals surface area contributed by atoms with Crippen LogP contribution in [0.1, 0.15) is 35.7 Å². The van der Waals surface area contributed by atoms with E-state index in [0.29, 0.717) is 11.5 Å². The van der Waals surface area contributed by atoms with E-state index < -0.39 is 0 Å². The summed E-state index contributed by atoms with van der Waals surface area (Å²) in [5.74, 6) is 0.594. The van der Waals surface area contributed by atoms with E-state index in [2.05, 4.69) is 6.92 Å². The highest BCUT2D eigenvalue weighted by Gasteiger charge is 2.23. The molecular formula is C14H19NO2. The maximum atomic E-state index is 12.3. The van der Waals surface area contributed by atoms with Gasteiger partial charge in [0.15, 0.2) is 0 Å². The minimum Gasteiger partial charge on any atom is -0.507 e. The molecule has 0 saturated carbocycles. The number of aromatic hydroxyl groups is 1. The number of hydrogen-bond donors (Lipinski definition) is 1. The molecule has 0 aromatic heterocycles. The van der Waals surface area contributed by atoms with Crippen LogP contribution in [0.5, 0.6) is 5.75 Å². The highest BCUT2D eigenvalue weighted by Crippen LogP contribution is 2.23. The summed E-state index contributed by atoms with van der Waals surface area (Å²) >= 11 is 0. The molecule has 1 atom stereocenters. The van der Waals surface area contributed by atoms with E-state index in [0.717, 1.165) is 25.1 Å². The van der Waals surface area contributed by atoms with Crippen molar-refractivity contribution in [3.05, 3.63) is 29.3 Å². The molecule has 1 aliphatic rings. The van der Waals surface area contributed by atoms with Gasteiger partial charge in [-0.1, -0.05) is 18.6 Å². The fraction of sp³-hybridized carbons (Fsp3) is 0.500. The molecule has 0 radical (unpaired) electrons. The Morgan fingerprint density at radius 3 is 2.94 bits per heavy atom. The maximum Gasteiger partial charge on any atom is 0.257 e. The molecule has 1 aliphatic heterocycles. The van der Waals surface area contributed by atoms with Gasteiger partial charge in [0.05, 0.1) is 5.56 Å². The van der Waals surface area contributed by atoms with E-state index in [1.807, 2.05) is 17.9 Å². The highest BCUT2D eigenvalue weighted by atomic mass is 16.3. The SMILES string of the molecule is Cc1ccc(O)c(C(=O)N2CCCC(C)C2)c1. The van der Waals surface area contributed by atoms with Crippen LogP contribution in [0.2, 0.25) is 0 Å². The fourth-order valence-corrected chi connectivity index (χ4v) is 2.37. The molecule has 17 heavy (non-hydrogen) atoms.